The van der Waals surface area contributed by atoms with Gasteiger partial charge in [-0.25, -0.2) is 9.97 Å². The quantitative estimate of drug-likeness (QED) is 0.792. The van der Waals surface area contributed by atoms with Crippen molar-refractivity contribution in [1.29, 1.82) is 5.26 Å². The molecular weight excluding hydrogens is 264 g/mol. The van der Waals surface area contributed by atoms with E-state index in [0.717, 1.165) is 11.1 Å². The minimum Gasteiger partial charge on any atom is -0.440 e. The van der Waals surface area contributed by atoms with E-state index in [1.807, 2.05) is 31.2 Å². The maximum absolute atomic E-state index is 9.04. The first-order valence-corrected chi connectivity index (χ1v) is 6.72. The van der Waals surface area contributed by atoms with Gasteiger partial charge in [0.05, 0.1) is 11.5 Å². The van der Waals surface area contributed by atoms with Crippen molar-refractivity contribution >= 4 is 16.9 Å². The summed E-state index contributed by atoms with van der Waals surface area (Å²) < 4.78 is 5.74. The molecule has 0 aliphatic heterocycles. The maximum Gasteiger partial charge on any atom is 0.200 e. The number of nitrogens with one attached hydrogen (secondary N) is 1. The van der Waals surface area contributed by atoms with Crippen LogP contribution in [0.3, 0.4) is 0 Å². The third-order valence-corrected chi connectivity index (χ3v) is 3.24. The van der Waals surface area contributed by atoms with Crippen molar-refractivity contribution in [3.63, 3.8) is 0 Å². The lowest BCUT2D eigenvalue weighted by molar-refractivity contribution is 0.494. The second-order valence-corrected chi connectivity index (χ2v) is 4.81. The molecule has 3 aromatic rings. The van der Waals surface area contributed by atoms with Gasteiger partial charge in [-0.3, -0.25) is 0 Å². The Hall–Kier alpha value is -2.87. The van der Waals surface area contributed by atoms with E-state index in [2.05, 4.69) is 21.4 Å². The van der Waals surface area contributed by atoms with Crippen molar-refractivity contribution in [1.82, 2.24) is 9.97 Å². The lowest BCUT2D eigenvalue weighted by atomic mass is 10.2. The van der Waals surface area contributed by atoms with E-state index >= 15 is 0 Å². The van der Waals surface area contributed by atoms with Gasteiger partial charge < -0.3 is 9.73 Å². The molecule has 1 N–H and O–H groups in total. The fraction of sp³-hybridized carbons (Fsp3) is 0.188. The molecule has 21 heavy (non-hydrogen) atoms. The summed E-state index contributed by atoms with van der Waals surface area (Å²) in [5.41, 5.74) is 2.17. The molecule has 3 rings (SSSR count). The van der Waals surface area contributed by atoms with Crippen LogP contribution in [0.2, 0.25) is 0 Å². The number of para-hydroxylation sites is 2. The molecule has 104 valence electrons. The highest BCUT2D eigenvalue weighted by molar-refractivity contribution is 5.72. The van der Waals surface area contributed by atoms with Crippen LogP contribution in [0.25, 0.3) is 11.1 Å². The van der Waals surface area contributed by atoms with Crippen molar-refractivity contribution < 1.29 is 4.42 Å². The van der Waals surface area contributed by atoms with Crippen LogP contribution in [-0.2, 0) is 0 Å². The lowest BCUT2D eigenvalue weighted by Gasteiger charge is -2.10. The molecular formula is C16H14N4O. The zero-order valence-corrected chi connectivity index (χ0v) is 11.6. The number of hydrogen-bond acceptors (Lipinski definition) is 5. The maximum atomic E-state index is 9.04. The Bertz CT molecular complexity index is 770. The number of benzene rings is 1. The van der Waals surface area contributed by atoms with Crippen molar-refractivity contribution in [3.05, 3.63) is 54.0 Å². The molecule has 2 aromatic heterocycles. The molecule has 2 heterocycles. The molecule has 0 radical (unpaired) electrons. The van der Waals surface area contributed by atoms with E-state index in [9.17, 15) is 0 Å². The lowest BCUT2D eigenvalue weighted by Crippen LogP contribution is -2.12. The smallest absolute Gasteiger partial charge is 0.200 e. The van der Waals surface area contributed by atoms with Crippen molar-refractivity contribution in [3.8, 4) is 6.07 Å². The van der Waals surface area contributed by atoms with Crippen LogP contribution >= 0.6 is 0 Å². The van der Waals surface area contributed by atoms with Crippen molar-refractivity contribution in [2.45, 2.75) is 12.8 Å². The van der Waals surface area contributed by atoms with Gasteiger partial charge in [-0.1, -0.05) is 19.1 Å². The van der Waals surface area contributed by atoms with Gasteiger partial charge in [0.2, 0.25) is 0 Å². The van der Waals surface area contributed by atoms with Gasteiger partial charge in [-0.2, -0.15) is 5.26 Å². The summed E-state index contributed by atoms with van der Waals surface area (Å²) in [4.78, 5) is 8.65. The SMILES string of the molecule is C[C@H](CNc1ncccc1C#N)c1nc2ccccc2o1. The minimum atomic E-state index is 0.0750. The fourth-order valence-corrected chi connectivity index (χ4v) is 2.07. The van der Waals surface area contributed by atoms with Crippen LogP contribution in [0.5, 0.6) is 0 Å². The Morgan fingerprint density at radius 3 is 2.95 bits per heavy atom. The number of pyridine rings is 1. The molecule has 0 saturated carbocycles. The van der Waals surface area contributed by atoms with Gasteiger partial charge in [0.15, 0.2) is 11.5 Å². The Balaban J connectivity index is 1.74. The van der Waals surface area contributed by atoms with Gasteiger partial charge in [-0.15, -0.1) is 0 Å². The molecule has 0 aliphatic carbocycles. The van der Waals surface area contributed by atoms with Crippen LogP contribution in [0.15, 0.2) is 47.0 Å². The molecule has 0 spiro atoms. The summed E-state index contributed by atoms with van der Waals surface area (Å²) in [7, 11) is 0. The Morgan fingerprint density at radius 1 is 1.29 bits per heavy atom. The Kier molecular flexibility index (Phi) is 3.52. The van der Waals surface area contributed by atoms with E-state index in [0.29, 0.717) is 23.8 Å². The van der Waals surface area contributed by atoms with Crippen LogP contribution in [0.4, 0.5) is 5.82 Å². The van der Waals surface area contributed by atoms with Crippen LogP contribution in [0.1, 0.15) is 24.3 Å². The van der Waals surface area contributed by atoms with Gasteiger partial charge >= 0.3 is 0 Å². The molecule has 5 nitrogen and oxygen atoms in total. The normalized spacial score (nSPS) is 12.0. The molecule has 0 fully saturated rings. The topological polar surface area (TPSA) is 74.7 Å². The number of anilines is 1. The molecule has 0 amide bonds. The zero-order valence-electron chi connectivity index (χ0n) is 11.6. The van der Waals surface area contributed by atoms with Gasteiger partial charge in [-0.05, 0) is 24.3 Å². The standard InChI is InChI=1S/C16H14N4O/c1-11(10-19-15-12(9-17)5-4-8-18-15)16-20-13-6-2-3-7-14(13)21-16/h2-8,11H,10H2,1H3,(H,18,19)/t11-/m1/s1. The number of rotatable bonds is 4. The first-order valence-electron chi connectivity index (χ1n) is 6.72. The van der Waals surface area contributed by atoms with E-state index in [1.54, 1.807) is 18.3 Å². The molecule has 1 atom stereocenters. The average Bonchev–Trinajstić information content (AvgIpc) is 2.97. The summed E-state index contributed by atoms with van der Waals surface area (Å²) in [5.74, 6) is 1.34. The predicted molar refractivity (Wildman–Crippen MR) is 79.9 cm³/mol. The van der Waals surface area contributed by atoms with Crippen molar-refractivity contribution in [2.75, 3.05) is 11.9 Å². The summed E-state index contributed by atoms with van der Waals surface area (Å²) in [5, 5.41) is 12.2. The van der Waals surface area contributed by atoms with E-state index in [1.165, 1.54) is 0 Å². The number of fused-ring (bicyclic) bond motifs is 1. The van der Waals surface area contributed by atoms with Crippen molar-refractivity contribution in [2.24, 2.45) is 0 Å². The number of nitriles is 1. The van der Waals surface area contributed by atoms with Crippen LogP contribution in [-0.4, -0.2) is 16.5 Å². The number of oxazole rings is 1. The molecule has 0 bridgehead atoms. The highest BCUT2D eigenvalue weighted by Gasteiger charge is 2.14. The summed E-state index contributed by atoms with van der Waals surface area (Å²) in [6.07, 6.45) is 1.66. The first kappa shape index (κ1) is 13.1. The third kappa shape index (κ3) is 2.70. The highest BCUT2D eigenvalue weighted by Crippen LogP contribution is 2.21. The van der Waals surface area contributed by atoms with Gasteiger partial charge in [0.25, 0.3) is 0 Å². The predicted octanol–water partition coefficient (Wildman–Crippen LogP) is 3.31. The van der Waals surface area contributed by atoms with E-state index in [4.69, 9.17) is 9.68 Å². The Labute approximate surface area is 122 Å². The van der Waals surface area contributed by atoms with Crippen LogP contribution < -0.4 is 5.32 Å². The second kappa shape index (κ2) is 5.63. The fourth-order valence-electron chi connectivity index (χ4n) is 2.07. The summed E-state index contributed by atoms with van der Waals surface area (Å²) >= 11 is 0. The zero-order chi connectivity index (χ0) is 14.7. The highest BCUT2D eigenvalue weighted by atomic mass is 16.3. The largest absolute Gasteiger partial charge is 0.440 e. The summed E-state index contributed by atoms with van der Waals surface area (Å²) in [6.45, 7) is 2.62. The number of nitrogens with zero attached hydrogens (tertiary/aromatic N) is 3. The molecule has 1 aromatic carbocycles. The molecule has 0 aliphatic rings. The first-order chi connectivity index (χ1) is 10.3. The second-order valence-electron chi connectivity index (χ2n) is 4.81. The van der Waals surface area contributed by atoms with E-state index < -0.39 is 0 Å². The third-order valence-electron chi connectivity index (χ3n) is 3.24. The van der Waals surface area contributed by atoms with E-state index in [-0.39, 0.29) is 5.92 Å². The molecule has 5 heteroatoms. The summed E-state index contributed by atoms with van der Waals surface area (Å²) in [6, 6.07) is 13.3. The van der Waals surface area contributed by atoms with Gasteiger partial charge in [0.1, 0.15) is 17.4 Å². The minimum absolute atomic E-state index is 0.0750. The average molecular weight is 278 g/mol. The number of hydrogen-bond donors (Lipinski definition) is 1. The van der Waals surface area contributed by atoms with Crippen LogP contribution in [0, 0.1) is 11.3 Å². The number of aromatic nitrogens is 2. The molecule has 0 saturated heterocycles. The monoisotopic (exact) mass is 278 g/mol. The Morgan fingerprint density at radius 2 is 2.14 bits per heavy atom. The van der Waals surface area contributed by atoms with Gasteiger partial charge in [0, 0.05) is 12.7 Å². The molecule has 0 unspecified atom stereocenters.